The molecule has 0 aliphatic heterocycles. The fourth-order valence-corrected chi connectivity index (χ4v) is 5.71. The highest BCUT2D eigenvalue weighted by molar-refractivity contribution is 5.87. The highest BCUT2D eigenvalue weighted by atomic mass is 16.3. The Bertz CT molecular complexity index is 1390. The fourth-order valence-electron chi connectivity index (χ4n) is 5.71. The van der Waals surface area contributed by atoms with Crippen LogP contribution in [0.5, 0.6) is 0 Å². The fraction of sp³-hybridized carbons (Fsp3) is 0.400. The molecule has 0 bridgehead atoms. The van der Waals surface area contributed by atoms with Gasteiger partial charge in [0.15, 0.2) is 0 Å². The Hall–Kier alpha value is -3.19. The van der Waals surface area contributed by atoms with Crippen molar-refractivity contribution in [3.05, 3.63) is 75.9 Å². The van der Waals surface area contributed by atoms with Gasteiger partial charge in [-0.3, -0.25) is 9.36 Å². The standard InChI is InChI=1S/C25H27N5O2/c1-15-9-25(10-15,24-28-27-14-29(24)2)18-4-3-5-19(8-18)30-12-20(16-6-7-16)21-17(13-31)11-26-22(21)23(30)32/h3-5,8,11-12,14-16,26,31H,6-7,9-10,13H2,1-2H3. The number of pyridine rings is 1. The maximum atomic E-state index is 13.5. The molecule has 1 aromatic carbocycles. The Kier molecular flexibility index (Phi) is 4.21. The van der Waals surface area contributed by atoms with Crippen molar-refractivity contribution in [2.75, 3.05) is 0 Å². The van der Waals surface area contributed by atoms with Crippen molar-refractivity contribution < 1.29 is 5.11 Å². The van der Waals surface area contributed by atoms with Crippen LogP contribution in [0, 0.1) is 5.92 Å². The summed E-state index contributed by atoms with van der Waals surface area (Å²) in [6.45, 7) is 2.19. The Morgan fingerprint density at radius 2 is 2.09 bits per heavy atom. The van der Waals surface area contributed by atoms with Crippen LogP contribution < -0.4 is 5.56 Å². The number of aromatic amines is 1. The van der Waals surface area contributed by atoms with Crippen LogP contribution in [0.3, 0.4) is 0 Å². The van der Waals surface area contributed by atoms with Crippen molar-refractivity contribution in [3.63, 3.8) is 0 Å². The van der Waals surface area contributed by atoms with Gasteiger partial charge < -0.3 is 14.7 Å². The van der Waals surface area contributed by atoms with E-state index in [2.05, 4.69) is 34.2 Å². The van der Waals surface area contributed by atoms with Gasteiger partial charge >= 0.3 is 0 Å². The lowest BCUT2D eigenvalue weighted by Crippen LogP contribution is -2.43. The third-order valence-electron chi connectivity index (χ3n) is 7.35. The quantitative estimate of drug-likeness (QED) is 0.508. The molecule has 4 aromatic rings. The van der Waals surface area contributed by atoms with Crippen molar-refractivity contribution in [3.8, 4) is 5.69 Å². The number of benzene rings is 1. The number of aliphatic hydroxyl groups is 1. The minimum absolute atomic E-state index is 0.0724. The highest BCUT2D eigenvalue weighted by Crippen LogP contribution is 2.51. The first kappa shape index (κ1) is 19.5. The number of fused-ring (bicyclic) bond motifs is 1. The molecule has 164 valence electrons. The second kappa shape index (κ2) is 6.90. The zero-order chi connectivity index (χ0) is 22.0. The number of H-pyrrole nitrogens is 1. The smallest absolute Gasteiger partial charge is 0.279 e. The maximum absolute atomic E-state index is 13.5. The predicted octanol–water partition coefficient (Wildman–Crippen LogP) is 3.53. The van der Waals surface area contributed by atoms with Crippen LogP contribution in [0.2, 0.25) is 0 Å². The monoisotopic (exact) mass is 429 g/mol. The van der Waals surface area contributed by atoms with Gasteiger partial charge in [0.1, 0.15) is 17.7 Å². The molecule has 3 heterocycles. The van der Waals surface area contributed by atoms with Gasteiger partial charge in [-0.2, -0.15) is 0 Å². The van der Waals surface area contributed by atoms with Crippen molar-refractivity contribution in [1.29, 1.82) is 0 Å². The second-order valence-corrected chi connectivity index (χ2v) is 9.67. The van der Waals surface area contributed by atoms with Gasteiger partial charge in [-0.1, -0.05) is 19.1 Å². The van der Waals surface area contributed by atoms with E-state index in [0.29, 0.717) is 17.4 Å². The molecule has 32 heavy (non-hydrogen) atoms. The van der Waals surface area contributed by atoms with Crippen LogP contribution in [0.25, 0.3) is 16.6 Å². The van der Waals surface area contributed by atoms with Gasteiger partial charge in [-0.25, -0.2) is 0 Å². The zero-order valence-corrected chi connectivity index (χ0v) is 18.4. The Balaban J connectivity index is 1.53. The lowest BCUT2D eigenvalue weighted by Gasteiger charge is -2.46. The maximum Gasteiger partial charge on any atom is 0.279 e. The average molecular weight is 430 g/mol. The molecule has 0 radical (unpaired) electrons. The number of nitrogens with zero attached hydrogens (tertiary/aromatic N) is 4. The highest BCUT2D eigenvalue weighted by Gasteiger charge is 2.48. The number of aliphatic hydroxyl groups excluding tert-OH is 1. The van der Waals surface area contributed by atoms with Gasteiger partial charge in [-0.05, 0) is 60.8 Å². The van der Waals surface area contributed by atoms with Crippen LogP contribution in [-0.2, 0) is 19.1 Å². The molecular weight excluding hydrogens is 402 g/mol. The Labute approximate surface area is 185 Å². The molecule has 7 heteroatoms. The van der Waals surface area contributed by atoms with E-state index >= 15 is 0 Å². The SMILES string of the molecule is CC1CC(c2cccc(-n3cc(C4CC4)c4c(CO)c[nH]c4c3=O)c2)(c2nncn2C)C1. The molecule has 0 spiro atoms. The van der Waals surface area contributed by atoms with Gasteiger partial charge in [0.05, 0.1) is 12.0 Å². The summed E-state index contributed by atoms with van der Waals surface area (Å²) in [7, 11) is 1.99. The molecule has 2 fully saturated rings. The normalized spacial score (nSPS) is 22.9. The second-order valence-electron chi connectivity index (χ2n) is 9.67. The predicted molar refractivity (Wildman–Crippen MR) is 122 cm³/mol. The topological polar surface area (TPSA) is 88.7 Å². The molecule has 7 nitrogen and oxygen atoms in total. The molecule has 6 rings (SSSR count). The Morgan fingerprint density at radius 1 is 1.28 bits per heavy atom. The van der Waals surface area contributed by atoms with Crippen LogP contribution in [0.15, 0.2) is 47.8 Å². The van der Waals surface area contributed by atoms with E-state index in [1.54, 1.807) is 17.1 Å². The number of hydrogen-bond acceptors (Lipinski definition) is 4. The first-order valence-corrected chi connectivity index (χ1v) is 11.3. The number of aromatic nitrogens is 5. The van der Waals surface area contributed by atoms with Crippen molar-refractivity contribution in [2.45, 2.75) is 50.5 Å². The Morgan fingerprint density at radius 3 is 2.75 bits per heavy atom. The number of nitrogens with one attached hydrogen (secondary N) is 1. The van der Waals surface area contributed by atoms with Crippen LogP contribution in [0.1, 0.15) is 61.0 Å². The van der Waals surface area contributed by atoms with E-state index < -0.39 is 0 Å². The van der Waals surface area contributed by atoms with Gasteiger partial charge in [0.25, 0.3) is 5.56 Å². The number of rotatable bonds is 5. The van der Waals surface area contributed by atoms with Crippen molar-refractivity contribution in [1.82, 2.24) is 24.3 Å². The van der Waals surface area contributed by atoms with E-state index in [-0.39, 0.29) is 17.6 Å². The van der Waals surface area contributed by atoms with Crippen LogP contribution >= 0.6 is 0 Å². The van der Waals surface area contributed by atoms with Crippen LogP contribution in [0.4, 0.5) is 0 Å². The summed E-state index contributed by atoms with van der Waals surface area (Å²) in [6.07, 6.45) is 9.78. The molecule has 2 N–H and O–H groups in total. The van der Waals surface area contributed by atoms with E-state index in [1.165, 1.54) is 5.56 Å². The first-order valence-electron chi connectivity index (χ1n) is 11.3. The molecular formula is C25H27N5O2. The van der Waals surface area contributed by atoms with E-state index in [9.17, 15) is 9.90 Å². The largest absolute Gasteiger partial charge is 0.392 e. The summed E-state index contributed by atoms with van der Waals surface area (Å²) >= 11 is 0. The summed E-state index contributed by atoms with van der Waals surface area (Å²) < 4.78 is 3.78. The van der Waals surface area contributed by atoms with Crippen LogP contribution in [-0.4, -0.2) is 29.4 Å². The minimum atomic E-state index is -0.176. The number of aryl methyl sites for hydroxylation is 1. The average Bonchev–Trinajstić information content (AvgIpc) is 3.38. The molecule has 3 aromatic heterocycles. The summed E-state index contributed by atoms with van der Waals surface area (Å²) in [5, 5.41) is 19.3. The summed E-state index contributed by atoms with van der Waals surface area (Å²) in [6, 6.07) is 8.32. The number of hydrogen-bond donors (Lipinski definition) is 2. The van der Waals surface area contributed by atoms with E-state index in [0.717, 1.165) is 53.7 Å². The van der Waals surface area contributed by atoms with Crippen molar-refractivity contribution in [2.24, 2.45) is 13.0 Å². The lowest BCUT2D eigenvalue weighted by molar-refractivity contribution is 0.185. The molecule has 2 aliphatic carbocycles. The third-order valence-corrected chi connectivity index (χ3v) is 7.35. The molecule has 0 unspecified atom stereocenters. The first-order chi connectivity index (χ1) is 15.5. The third kappa shape index (κ3) is 2.73. The molecule has 0 saturated heterocycles. The molecule has 0 amide bonds. The van der Waals surface area contributed by atoms with Gasteiger partial charge in [0.2, 0.25) is 0 Å². The van der Waals surface area contributed by atoms with Crippen molar-refractivity contribution >= 4 is 10.9 Å². The summed E-state index contributed by atoms with van der Waals surface area (Å²) in [4.78, 5) is 16.6. The molecule has 2 aliphatic rings. The molecule has 0 atom stereocenters. The zero-order valence-electron chi connectivity index (χ0n) is 18.4. The van der Waals surface area contributed by atoms with E-state index in [4.69, 9.17) is 0 Å². The minimum Gasteiger partial charge on any atom is -0.392 e. The molecule has 2 saturated carbocycles. The van der Waals surface area contributed by atoms with Gasteiger partial charge in [-0.15, -0.1) is 10.2 Å². The summed E-state index contributed by atoms with van der Waals surface area (Å²) in [5.41, 5.74) is 4.29. The summed E-state index contributed by atoms with van der Waals surface area (Å²) in [5.74, 6) is 2.05. The van der Waals surface area contributed by atoms with E-state index in [1.807, 2.05) is 29.9 Å². The van der Waals surface area contributed by atoms with Gasteiger partial charge in [0, 0.05) is 36.1 Å². The lowest BCUT2D eigenvalue weighted by atomic mass is 9.58.